The first-order valence-corrected chi connectivity index (χ1v) is 7.50. The van der Waals surface area contributed by atoms with E-state index in [4.69, 9.17) is 9.47 Å². The standard InChI is InChI=1S/C15H24O3/c1-15(8-7-12-13(9-15)18-12)14(16)17-10-11-5-3-2-4-6-11/h11-13H,2-10H2,1H3. The van der Waals surface area contributed by atoms with Crippen molar-refractivity contribution in [1.82, 2.24) is 0 Å². The zero-order valence-corrected chi connectivity index (χ0v) is 11.3. The van der Waals surface area contributed by atoms with E-state index < -0.39 is 0 Å². The van der Waals surface area contributed by atoms with Crippen molar-refractivity contribution in [3.05, 3.63) is 0 Å². The van der Waals surface area contributed by atoms with Gasteiger partial charge in [0.2, 0.25) is 0 Å². The van der Waals surface area contributed by atoms with Gasteiger partial charge in [-0.3, -0.25) is 4.79 Å². The molecule has 3 fully saturated rings. The van der Waals surface area contributed by atoms with E-state index in [0.29, 0.717) is 24.7 Å². The molecule has 0 aromatic rings. The third-order valence-electron chi connectivity index (χ3n) is 4.99. The average molecular weight is 252 g/mol. The first-order valence-electron chi connectivity index (χ1n) is 7.50. The van der Waals surface area contributed by atoms with Crippen LogP contribution in [0.25, 0.3) is 0 Å². The fraction of sp³-hybridized carbons (Fsp3) is 0.933. The molecular weight excluding hydrogens is 228 g/mol. The normalized spacial score (nSPS) is 40.1. The van der Waals surface area contributed by atoms with E-state index in [-0.39, 0.29) is 11.4 Å². The summed E-state index contributed by atoms with van der Waals surface area (Å²) in [6, 6.07) is 0. The maximum atomic E-state index is 12.2. The van der Waals surface area contributed by atoms with Gasteiger partial charge in [0, 0.05) is 0 Å². The number of hydrogen-bond donors (Lipinski definition) is 0. The minimum Gasteiger partial charge on any atom is -0.465 e. The number of rotatable bonds is 3. The third-order valence-corrected chi connectivity index (χ3v) is 4.99. The Hall–Kier alpha value is -0.570. The van der Waals surface area contributed by atoms with Crippen LogP contribution >= 0.6 is 0 Å². The summed E-state index contributed by atoms with van der Waals surface area (Å²) in [5, 5.41) is 0. The van der Waals surface area contributed by atoms with Gasteiger partial charge in [-0.1, -0.05) is 19.3 Å². The van der Waals surface area contributed by atoms with Crippen molar-refractivity contribution in [3.63, 3.8) is 0 Å². The molecule has 3 aliphatic rings. The van der Waals surface area contributed by atoms with Crippen LogP contribution in [-0.4, -0.2) is 24.8 Å². The molecule has 3 nitrogen and oxygen atoms in total. The fourth-order valence-electron chi connectivity index (χ4n) is 3.53. The van der Waals surface area contributed by atoms with Crippen molar-refractivity contribution in [2.24, 2.45) is 11.3 Å². The molecule has 0 aromatic heterocycles. The summed E-state index contributed by atoms with van der Waals surface area (Å²) in [7, 11) is 0. The molecule has 102 valence electrons. The van der Waals surface area contributed by atoms with Crippen LogP contribution in [0.15, 0.2) is 0 Å². The van der Waals surface area contributed by atoms with Crippen molar-refractivity contribution >= 4 is 5.97 Å². The lowest BCUT2D eigenvalue weighted by Gasteiger charge is -2.30. The summed E-state index contributed by atoms with van der Waals surface area (Å²) >= 11 is 0. The summed E-state index contributed by atoms with van der Waals surface area (Å²) in [5.41, 5.74) is -0.285. The van der Waals surface area contributed by atoms with Crippen LogP contribution in [0, 0.1) is 11.3 Å². The summed E-state index contributed by atoms with van der Waals surface area (Å²) in [6.45, 7) is 2.69. The van der Waals surface area contributed by atoms with E-state index in [1.807, 2.05) is 6.92 Å². The van der Waals surface area contributed by atoms with Crippen molar-refractivity contribution in [2.45, 2.75) is 70.5 Å². The van der Waals surface area contributed by atoms with Crippen LogP contribution in [0.4, 0.5) is 0 Å². The van der Waals surface area contributed by atoms with Crippen LogP contribution in [0.3, 0.4) is 0 Å². The molecule has 1 saturated heterocycles. The number of epoxide rings is 1. The molecular formula is C15H24O3. The molecule has 0 radical (unpaired) electrons. The van der Waals surface area contributed by atoms with Gasteiger partial charge in [0.25, 0.3) is 0 Å². The highest BCUT2D eigenvalue weighted by atomic mass is 16.6. The molecule has 0 N–H and O–H groups in total. The van der Waals surface area contributed by atoms with Crippen molar-refractivity contribution in [3.8, 4) is 0 Å². The van der Waals surface area contributed by atoms with Gasteiger partial charge >= 0.3 is 5.97 Å². The summed E-state index contributed by atoms with van der Waals surface area (Å²) < 4.78 is 11.1. The highest BCUT2D eigenvalue weighted by Gasteiger charge is 2.52. The van der Waals surface area contributed by atoms with Crippen LogP contribution in [0.1, 0.15) is 58.3 Å². The van der Waals surface area contributed by atoms with Crippen molar-refractivity contribution < 1.29 is 14.3 Å². The molecule has 0 aromatic carbocycles. The number of fused-ring (bicyclic) bond motifs is 1. The lowest BCUT2D eigenvalue weighted by Crippen LogP contribution is -2.35. The van der Waals surface area contributed by atoms with Gasteiger partial charge < -0.3 is 9.47 Å². The lowest BCUT2D eigenvalue weighted by atomic mass is 9.76. The van der Waals surface area contributed by atoms with Crippen LogP contribution in [0.2, 0.25) is 0 Å². The Labute approximate surface area is 109 Å². The zero-order valence-electron chi connectivity index (χ0n) is 11.3. The molecule has 3 rings (SSSR count). The topological polar surface area (TPSA) is 38.8 Å². The molecule has 3 unspecified atom stereocenters. The molecule has 0 bridgehead atoms. The Morgan fingerprint density at radius 3 is 2.72 bits per heavy atom. The Kier molecular flexibility index (Phi) is 3.35. The maximum absolute atomic E-state index is 12.2. The minimum atomic E-state index is -0.285. The number of esters is 1. The molecule has 18 heavy (non-hydrogen) atoms. The SMILES string of the molecule is CC1(C(=O)OCC2CCCCC2)CCC2OC2C1. The molecule has 0 spiro atoms. The largest absolute Gasteiger partial charge is 0.465 e. The van der Waals surface area contributed by atoms with Crippen molar-refractivity contribution in [2.75, 3.05) is 6.61 Å². The number of ether oxygens (including phenoxy) is 2. The molecule has 1 aliphatic heterocycles. The molecule has 1 heterocycles. The highest BCUT2D eigenvalue weighted by Crippen LogP contribution is 2.46. The first-order chi connectivity index (χ1) is 8.67. The van der Waals surface area contributed by atoms with E-state index in [1.54, 1.807) is 0 Å². The van der Waals surface area contributed by atoms with Gasteiger partial charge in [-0.2, -0.15) is 0 Å². The summed E-state index contributed by atoms with van der Waals surface area (Å²) in [4.78, 5) is 12.2. The van der Waals surface area contributed by atoms with E-state index in [0.717, 1.165) is 19.3 Å². The molecule has 3 atom stereocenters. The number of hydrogen-bond acceptors (Lipinski definition) is 3. The highest BCUT2D eigenvalue weighted by molar-refractivity contribution is 5.76. The Morgan fingerprint density at radius 1 is 1.22 bits per heavy atom. The number of carbonyl (C=O) groups excluding carboxylic acids is 1. The van der Waals surface area contributed by atoms with Crippen LogP contribution in [-0.2, 0) is 14.3 Å². The van der Waals surface area contributed by atoms with Gasteiger partial charge in [-0.15, -0.1) is 0 Å². The fourth-order valence-corrected chi connectivity index (χ4v) is 3.53. The van der Waals surface area contributed by atoms with Gasteiger partial charge in [0.15, 0.2) is 0 Å². The van der Waals surface area contributed by atoms with E-state index >= 15 is 0 Å². The van der Waals surface area contributed by atoms with E-state index in [1.165, 1.54) is 32.1 Å². The maximum Gasteiger partial charge on any atom is 0.311 e. The lowest BCUT2D eigenvalue weighted by molar-refractivity contribution is -0.158. The van der Waals surface area contributed by atoms with E-state index in [2.05, 4.69) is 0 Å². The van der Waals surface area contributed by atoms with Gasteiger partial charge in [0.05, 0.1) is 24.2 Å². The third kappa shape index (κ3) is 2.56. The van der Waals surface area contributed by atoms with Gasteiger partial charge in [-0.05, 0) is 44.9 Å². The van der Waals surface area contributed by atoms with Crippen LogP contribution in [0.5, 0.6) is 0 Å². The van der Waals surface area contributed by atoms with Crippen LogP contribution < -0.4 is 0 Å². The quantitative estimate of drug-likeness (QED) is 0.572. The average Bonchev–Trinajstić information content (AvgIpc) is 3.15. The Bertz CT molecular complexity index is 322. The summed E-state index contributed by atoms with van der Waals surface area (Å²) in [6.07, 6.45) is 10.0. The number of carbonyl (C=O) groups is 1. The second kappa shape index (κ2) is 4.84. The smallest absolute Gasteiger partial charge is 0.311 e. The van der Waals surface area contributed by atoms with E-state index in [9.17, 15) is 4.79 Å². The van der Waals surface area contributed by atoms with Gasteiger partial charge in [0.1, 0.15) is 0 Å². The Balaban J connectivity index is 1.47. The second-order valence-corrected chi connectivity index (χ2v) is 6.62. The second-order valence-electron chi connectivity index (χ2n) is 6.62. The predicted octanol–water partition coefficient (Wildman–Crippen LogP) is 3.07. The first kappa shape index (κ1) is 12.5. The molecule has 2 saturated carbocycles. The van der Waals surface area contributed by atoms with Gasteiger partial charge in [-0.25, -0.2) is 0 Å². The monoisotopic (exact) mass is 252 g/mol. The minimum absolute atomic E-state index is 0.0158. The Morgan fingerprint density at radius 2 is 2.00 bits per heavy atom. The molecule has 0 amide bonds. The predicted molar refractivity (Wildman–Crippen MR) is 68.2 cm³/mol. The summed E-state index contributed by atoms with van der Waals surface area (Å²) in [5.74, 6) is 0.627. The zero-order chi connectivity index (χ0) is 12.6. The molecule has 3 heteroatoms. The molecule has 2 aliphatic carbocycles. The van der Waals surface area contributed by atoms with Crippen molar-refractivity contribution in [1.29, 1.82) is 0 Å².